The van der Waals surface area contributed by atoms with Crippen LogP contribution in [0.15, 0.2) is 0 Å². The number of ether oxygens (including phenoxy) is 4. The molecular formula is C58H106O12. The van der Waals surface area contributed by atoms with Gasteiger partial charge in [-0.1, -0.05) is 259 Å². The highest BCUT2D eigenvalue weighted by Crippen LogP contribution is 2.24. The molecule has 70 heavy (non-hydrogen) atoms. The molecule has 0 amide bonds. The lowest BCUT2D eigenvalue weighted by Crippen LogP contribution is -2.56. The number of unbranched alkanes of at least 4 members (excludes halogenated alkanes) is 36. The summed E-state index contributed by atoms with van der Waals surface area (Å²) in [5.74, 6) is -6.91. The Morgan fingerprint density at radius 3 is 0.586 bits per heavy atom. The Labute approximate surface area is 427 Å². The number of carbonyl (C=O) groups is 6. The topological polar surface area (TPSA) is 180 Å². The minimum atomic E-state index is -2.25. The maximum Gasteiger partial charge on any atom is 0.349 e. The van der Waals surface area contributed by atoms with Crippen molar-refractivity contribution in [2.75, 3.05) is 0 Å². The van der Waals surface area contributed by atoms with Crippen LogP contribution in [0.2, 0.25) is 0 Å². The predicted molar refractivity (Wildman–Crippen MR) is 281 cm³/mol. The summed E-state index contributed by atoms with van der Waals surface area (Å²) >= 11 is 0. The summed E-state index contributed by atoms with van der Waals surface area (Å²) in [5.41, 5.74) is 0. The third-order valence-electron chi connectivity index (χ3n) is 13.4. The summed E-state index contributed by atoms with van der Waals surface area (Å²) in [6, 6.07) is 0. The molecule has 0 radical (unpaired) electrons. The van der Waals surface area contributed by atoms with Crippen LogP contribution in [0, 0.1) is 0 Å². The minimum Gasteiger partial charge on any atom is -0.478 e. The largest absolute Gasteiger partial charge is 0.478 e. The lowest BCUT2D eigenvalue weighted by molar-refractivity contribution is -0.209. The van der Waals surface area contributed by atoms with E-state index in [-0.39, 0.29) is 25.7 Å². The van der Waals surface area contributed by atoms with Gasteiger partial charge in [0.25, 0.3) is 0 Å². The number of hydrogen-bond donors (Lipinski definition) is 2. The molecule has 12 nitrogen and oxygen atoms in total. The van der Waals surface area contributed by atoms with Gasteiger partial charge in [-0.05, 0) is 25.7 Å². The Morgan fingerprint density at radius 2 is 0.414 bits per heavy atom. The number of esters is 4. The van der Waals surface area contributed by atoms with Crippen LogP contribution in [0.3, 0.4) is 0 Å². The maximum absolute atomic E-state index is 13.6. The second-order valence-electron chi connectivity index (χ2n) is 20.1. The molecule has 0 saturated carbocycles. The predicted octanol–water partition coefficient (Wildman–Crippen LogP) is 16.0. The molecule has 0 rings (SSSR count). The molecule has 0 spiro atoms. The van der Waals surface area contributed by atoms with Gasteiger partial charge in [0.2, 0.25) is 12.2 Å². The fourth-order valence-corrected chi connectivity index (χ4v) is 8.97. The number of carboxylic acid groups (broad SMARTS) is 2. The average molecular weight is 995 g/mol. The fraction of sp³-hybridized carbons (Fsp3) is 0.897. The van der Waals surface area contributed by atoms with Crippen LogP contribution in [0.25, 0.3) is 0 Å². The molecule has 0 saturated heterocycles. The summed E-state index contributed by atoms with van der Waals surface area (Å²) in [4.78, 5) is 80.0. The first-order valence-corrected chi connectivity index (χ1v) is 29.3. The highest BCUT2D eigenvalue weighted by Gasteiger charge is 2.50. The van der Waals surface area contributed by atoms with Gasteiger partial charge in [-0.15, -0.1) is 0 Å². The summed E-state index contributed by atoms with van der Waals surface area (Å²) in [7, 11) is 0. The Balaban J connectivity index is 6.23. The first kappa shape index (κ1) is 66.8. The van der Waals surface area contributed by atoms with Crippen molar-refractivity contribution in [1.82, 2.24) is 0 Å². The van der Waals surface area contributed by atoms with Crippen molar-refractivity contribution in [3.05, 3.63) is 0 Å². The standard InChI is InChI=1S/C58H106O12/c1-5-9-13-17-21-25-29-33-37-41-45-49(59)67-53(55(57(63)64)69-51(61)47-43-39-35-31-27-23-19-15-11-7-3)54(68-50(60)46-42-38-34-30-26-22-18-14-10-6-2)56(58(65)66)70-52(62)48-44-40-36-32-28-24-20-16-12-8-4/h53-56H,5-48H2,1-4H3,(H,63,64)(H,65,66)/t53-,54+,55+,56-. The van der Waals surface area contributed by atoms with Gasteiger partial charge >= 0.3 is 35.8 Å². The third kappa shape index (κ3) is 40.4. The van der Waals surface area contributed by atoms with Gasteiger partial charge in [0.1, 0.15) is 0 Å². The summed E-state index contributed by atoms with van der Waals surface area (Å²) in [6.45, 7) is 8.75. The Morgan fingerprint density at radius 1 is 0.257 bits per heavy atom. The van der Waals surface area contributed by atoms with E-state index in [9.17, 15) is 39.0 Å². The number of hydrogen-bond acceptors (Lipinski definition) is 10. The number of rotatable bonds is 53. The Hall–Kier alpha value is -3.18. The van der Waals surface area contributed by atoms with Gasteiger partial charge in [-0.25, -0.2) is 9.59 Å². The van der Waals surface area contributed by atoms with Crippen molar-refractivity contribution in [2.24, 2.45) is 0 Å². The molecule has 0 bridgehead atoms. The maximum atomic E-state index is 13.6. The zero-order chi connectivity index (χ0) is 51.7. The monoisotopic (exact) mass is 995 g/mol. The SMILES string of the molecule is CCCCCCCCCCCCC(=O)O[C@H]([C@H](OC(=O)CCCCCCCCCCCC)[C@@H](OC(=O)CCCCCCCCCCCC)C(=O)O)[C@H](OC(=O)CCCCCCCCCCCC)C(=O)O. The molecule has 4 atom stereocenters. The van der Waals surface area contributed by atoms with Crippen LogP contribution in [0.5, 0.6) is 0 Å². The van der Waals surface area contributed by atoms with Crippen LogP contribution < -0.4 is 0 Å². The number of carboxylic acids is 2. The molecular weight excluding hydrogens is 889 g/mol. The second-order valence-corrected chi connectivity index (χ2v) is 20.1. The zero-order valence-corrected chi connectivity index (χ0v) is 45.4. The van der Waals surface area contributed by atoms with E-state index >= 15 is 0 Å². The van der Waals surface area contributed by atoms with Gasteiger partial charge in [0, 0.05) is 25.7 Å². The molecule has 0 aliphatic rings. The quantitative estimate of drug-likeness (QED) is 0.0335. The average Bonchev–Trinajstić information content (AvgIpc) is 3.33. The van der Waals surface area contributed by atoms with E-state index in [1.165, 1.54) is 116 Å². The summed E-state index contributed by atoms with van der Waals surface area (Å²) < 4.78 is 22.6. The van der Waals surface area contributed by atoms with Crippen LogP contribution >= 0.6 is 0 Å². The Kier molecular flexibility index (Phi) is 47.2. The summed E-state index contributed by atoms with van der Waals surface area (Å²) in [5, 5.41) is 21.2. The molecule has 12 heteroatoms. The zero-order valence-electron chi connectivity index (χ0n) is 45.4. The van der Waals surface area contributed by atoms with Crippen molar-refractivity contribution in [2.45, 2.75) is 335 Å². The van der Waals surface area contributed by atoms with Crippen LogP contribution in [0.4, 0.5) is 0 Å². The first-order chi connectivity index (χ1) is 34.0. The lowest BCUT2D eigenvalue weighted by Gasteiger charge is -2.33. The van der Waals surface area contributed by atoms with Gasteiger partial charge in [-0.2, -0.15) is 0 Å². The molecule has 0 aromatic carbocycles. The van der Waals surface area contributed by atoms with Crippen molar-refractivity contribution in [1.29, 1.82) is 0 Å². The molecule has 410 valence electrons. The first-order valence-electron chi connectivity index (χ1n) is 29.3. The van der Waals surface area contributed by atoms with Gasteiger partial charge in [0.15, 0.2) is 12.2 Å². The smallest absolute Gasteiger partial charge is 0.349 e. The molecule has 0 aromatic rings. The van der Waals surface area contributed by atoms with Gasteiger partial charge in [0.05, 0.1) is 0 Å². The van der Waals surface area contributed by atoms with Crippen LogP contribution in [-0.2, 0) is 47.7 Å². The normalized spacial score (nSPS) is 13.0. The molecule has 0 unspecified atom stereocenters. The highest BCUT2D eigenvalue weighted by molar-refractivity contribution is 5.82. The van der Waals surface area contributed by atoms with E-state index in [1.54, 1.807) is 0 Å². The van der Waals surface area contributed by atoms with E-state index in [0.29, 0.717) is 25.7 Å². The van der Waals surface area contributed by atoms with Gasteiger partial charge < -0.3 is 29.2 Å². The fourth-order valence-electron chi connectivity index (χ4n) is 8.97. The van der Waals surface area contributed by atoms with Crippen molar-refractivity contribution in [3.8, 4) is 0 Å². The number of aliphatic carboxylic acids is 2. The van der Waals surface area contributed by atoms with Crippen LogP contribution in [-0.4, -0.2) is 70.4 Å². The van der Waals surface area contributed by atoms with Crippen molar-refractivity contribution in [3.63, 3.8) is 0 Å². The van der Waals surface area contributed by atoms with E-state index in [4.69, 9.17) is 18.9 Å². The molecule has 0 aliphatic heterocycles. The van der Waals surface area contributed by atoms with E-state index in [0.717, 1.165) is 116 Å². The molecule has 0 aromatic heterocycles. The van der Waals surface area contributed by atoms with E-state index in [2.05, 4.69) is 27.7 Å². The minimum absolute atomic E-state index is 0.112. The third-order valence-corrected chi connectivity index (χ3v) is 13.4. The summed E-state index contributed by atoms with van der Waals surface area (Å²) in [6.07, 6.45) is 31.6. The molecule has 0 fully saturated rings. The molecule has 2 N–H and O–H groups in total. The van der Waals surface area contributed by atoms with Crippen LogP contribution in [0.1, 0.15) is 310 Å². The van der Waals surface area contributed by atoms with Crippen molar-refractivity contribution >= 4 is 35.8 Å². The Bertz CT molecular complexity index is 1190. The molecule has 0 aliphatic carbocycles. The van der Waals surface area contributed by atoms with Gasteiger partial charge in [-0.3, -0.25) is 19.2 Å². The highest BCUT2D eigenvalue weighted by atomic mass is 16.6. The molecule has 0 heterocycles. The second kappa shape index (κ2) is 49.4. The van der Waals surface area contributed by atoms with E-state index < -0.39 is 60.2 Å². The number of carbonyl (C=O) groups excluding carboxylic acids is 4. The van der Waals surface area contributed by atoms with E-state index in [1.807, 2.05) is 0 Å². The van der Waals surface area contributed by atoms with Crippen molar-refractivity contribution < 1.29 is 57.9 Å². The lowest BCUT2D eigenvalue weighted by atomic mass is 10.0.